The minimum atomic E-state index is -0.763. The van der Waals surface area contributed by atoms with E-state index in [1.807, 2.05) is 30.3 Å². The summed E-state index contributed by atoms with van der Waals surface area (Å²) in [7, 11) is 0. The first-order chi connectivity index (χ1) is 5.81. The van der Waals surface area contributed by atoms with Crippen molar-refractivity contribution in [1.29, 1.82) is 0 Å². The zero-order valence-electron chi connectivity index (χ0n) is 6.96. The smallest absolute Gasteiger partial charge is 0.142 e. The Morgan fingerprint density at radius 2 is 2.00 bits per heavy atom. The van der Waals surface area contributed by atoms with Gasteiger partial charge in [0.05, 0.1) is 0 Å². The molecule has 0 radical (unpaired) electrons. The van der Waals surface area contributed by atoms with E-state index < -0.39 is 5.72 Å². The standard InChI is InChI=1S/C10H13NO/c12-10(7-4-8-11-10)9-5-2-1-3-6-9/h1-3,5-6,11-12H,4,7-8H2. The second-order valence-corrected chi connectivity index (χ2v) is 3.26. The third kappa shape index (κ3) is 1.24. The molecule has 0 bridgehead atoms. The summed E-state index contributed by atoms with van der Waals surface area (Å²) >= 11 is 0. The molecule has 2 N–H and O–H groups in total. The average Bonchev–Trinajstić information content (AvgIpc) is 2.55. The van der Waals surface area contributed by atoms with Gasteiger partial charge in [-0.3, -0.25) is 5.32 Å². The molecule has 1 aliphatic heterocycles. The van der Waals surface area contributed by atoms with Crippen LogP contribution in [0.25, 0.3) is 0 Å². The first-order valence-electron chi connectivity index (χ1n) is 4.34. The predicted molar refractivity (Wildman–Crippen MR) is 47.6 cm³/mol. The summed E-state index contributed by atoms with van der Waals surface area (Å²) in [6.45, 7) is 0.908. The summed E-state index contributed by atoms with van der Waals surface area (Å²) in [5.74, 6) is 0. The number of aliphatic hydroxyl groups is 1. The fourth-order valence-electron chi connectivity index (χ4n) is 1.69. The van der Waals surface area contributed by atoms with Gasteiger partial charge >= 0.3 is 0 Å². The molecule has 0 saturated carbocycles. The Morgan fingerprint density at radius 3 is 2.58 bits per heavy atom. The molecule has 2 rings (SSSR count). The second kappa shape index (κ2) is 2.88. The number of hydrogen-bond acceptors (Lipinski definition) is 2. The molecule has 1 heterocycles. The second-order valence-electron chi connectivity index (χ2n) is 3.26. The van der Waals surface area contributed by atoms with Crippen LogP contribution in [0.4, 0.5) is 0 Å². The highest BCUT2D eigenvalue weighted by Gasteiger charge is 2.31. The molecule has 1 aliphatic rings. The third-order valence-electron chi connectivity index (χ3n) is 2.38. The van der Waals surface area contributed by atoms with E-state index in [1.165, 1.54) is 0 Å². The van der Waals surface area contributed by atoms with Crippen LogP contribution in [0.5, 0.6) is 0 Å². The number of rotatable bonds is 1. The lowest BCUT2D eigenvalue weighted by Gasteiger charge is -2.22. The van der Waals surface area contributed by atoms with Crippen LogP contribution >= 0.6 is 0 Å². The molecule has 64 valence electrons. The molecule has 2 nitrogen and oxygen atoms in total. The molecule has 1 fully saturated rings. The van der Waals surface area contributed by atoms with Gasteiger partial charge in [0.25, 0.3) is 0 Å². The number of nitrogens with one attached hydrogen (secondary N) is 1. The van der Waals surface area contributed by atoms with E-state index >= 15 is 0 Å². The van der Waals surface area contributed by atoms with Crippen LogP contribution in [0.3, 0.4) is 0 Å². The van der Waals surface area contributed by atoms with Crippen LogP contribution in [-0.2, 0) is 5.72 Å². The van der Waals surface area contributed by atoms with Gasteiger partial charge in [-0.2, -0.15) is 0 Å². The van der Waals surface area contributed by atoms with Gasteiger partial charge in [0.15, 0.2) is 0 Å². The first kappa shape index (κ1) is 7.77. The normalized spacial score (nSPS) is 29.1. The maximum atomic E-state index is 10.1. The Hall–Kier alpha value is -0.860. The highest BCUT2D eigenvalue weighted by Crippen LogP contribution is 2.27. The van der Waals surface area contributed by atoms with Crippen LogP contribution < -0.4 is 5.32 Å². The summed E-state index contributed by atoms with van der Waals surface area (Å²) in [4.78, 5) is 0. The van der Waals surface area contributed by atoms with Crippen molar-refractivity contribution >= 4 is 0 Å². The van der Waals surface area contributed by atoms with Gasteiger partial charge in [-0.05, 0) is 24.9 Å². The van der Waals surface area contributed by atoms with Crippen LogP contribution in [0.1, 0.15) is 18.4 Å². The van der Waals surface area contributed by atoms with Crippen molar-refractivity contribution in [2.24, 2.45) is 0 Å². The van der Waals surface area contributed by atoms with E-state index in [2.05, 4.69) is 5.32 Å². The van der Waals surface area contributed by atoms with Crippen LogP contribution in [0, 0.1) is 0 Å². The lowest BCUT2D eigenvalue weighted by molar-refractivity contribution is 0.0208. The highest BCUT2D eigenvalue weighted by atomic mass is 16.3. The zero-order valence-corrected chi connectivity index (χ0v) is 6.96. The summed E-state index contributed by atoms with van der Waals surface area (Å²) in [5.41, 5.74) is 0.212. The van der Waals surface area contributed by atoms with Crippen LogP contribution in [0.2, 0.25) is 0 Å². The molecule has 0 spiro atoms. The van der Waals surface area contributed by atoms with Gasteiger partial charge in [-0.1, -0.05) is 30.3 Å². The quantitative estimate of drug-likeness (QED) is 0.652. The molecule has 1 atom stereocenters. The molecule has 1 aromatic rings. The van der Waals surface area contributed by atoms with Gasteiger partial charge in [0.2, 0.25) is 0 Å². The lowest BCUT2D eigenvalue weighted by Crippen LogP contribution is -2.36. The summed E-state index contributed by atoms with van der Waals surface area (Å²) in [6, 6.07) is 9.78. The maximum absolute atomic E-state index is 10.1. The van der Waals surface area contributed by atoms with Crippen molar-refractivity contribution in [3.8, 4) is 0 Å². The number of hydrogen-bond donors (Lipinski definition) is 2. The Kier molecular flexibility index (Phi) is 1.87. The molecule has 1 saturated heterocycles. The van der Waals surface area contributed by atoms with E-state index in [1.54, 1.807) is 0 Å². The largest absolute Gasteiger partial charge is 0.372 e. The Labute approximate surface area is 72.2 Å². The topological polar surface area (TPSA) is 32.3 Å². The van der Waals surface area contributed by atoms with E-state index in [0.29, 0.717) is 0 Å². The van der Waals surface area contributed by atoms with Crippen LogP contribution in [0.15, 0.2) is 30.3 Å². The fraction of sp³-hybridized carbons (Fsp3) is 0.400. The van der Waals surface area contributed by atoms with Gasteiger partial charge in [-0.15, -0.1) is 0 Å². The maximum Gasteiger partial charge on any atom is 0.142 e. The van der Waals surface area contributed by atoms with Crippen molar-refractivity contribution in [3.05, 3.63) is 35.9 Å². The van der Waals surface area contributed by atoms with Gasteiger partial charge in [-0.25, -0.2) is 0 Å². The summed E-state index contributed by atoms with van der Waals surface area (Å²) < 4.78 is 0. The molecular weight excluding hydrogens is 150 g/mol. The predicted octanol–water partition coefficient (Wildman–Crippen LogP) is 1.22. The van der Waals surface area contributed by atoms with Gasteiger partial charge < -0.3 is 5.11 Å². The monoisotopic (exact) mass is 163 g/mol. The minimum Gasteiger partial charge on any atom is -0.372 e. The Bertz CT molecular complexity index is 252. The van der Waals surface area contributed by atoms with E-state index in [4.69, 9.17) is 0 Å². The molecular formula is C10H13NO. The molecule has 2 heteroatoms. The van der Waals surface area contributed by atoms with Crippen molar-refractivity contribution in [2.45, 2.75) is 18.6 Å². The molecule has 0 amide bonds. The molecule has 0 aromatic heterocycles. The lowest BCUT2D eigenvalue weighted by atomic mass is 10.0. The molecule has 0 aliphatic carbocycles. The zero-order chi connectivity index (χ0) is 8.44. The SMILES string of the molecule is OC1(c2ccccc2)CCCN1. The average molecular weight is 163 g/mol. The van der Waals surface area contributed by atoms with Crippen molar-refractivity contribution in [1.82, 2.24) is 5.32 Å². The third-order valence-corrected chi connectivity index (χ3v) is 2.38. The summed E-state index contributed by atoms with van der Waals surface area (Å²) in [6.07, 6.45) is 1.86. The van der Waals surface area contributed by atoms with Crippen molar-refractivity contribution in [2.75, 3.05) is 6.54 Å². The minimum absolute atomic E-state index is 0.763. The van der Waals surface area contributed by atoms with Crippen molar-refractivity contribution < 1.29 is 5.11 Å². The van der Waals surface area contributed by atoms with E-state index in [0.717, 1.165) is 24.9 Å². The number of benzene rings is 1. The summed E-state index contributed by atoms with van der Waals surface area (Å²) in [5, 5.41) is 13.2. The molecule has 1 unspecified atom stereocenters. The van der Waals surface area contributed by atoms with Gasteiger partial charge in [0, 0.05) is 0 Å². The molecule has 1 aromatic carbocycles. The van der Waals surface area contributed by atoms with Crippen LogP contribution in [-0.4, -0.2) is 11.7 Å². The first-order valence-corrected chi connectivity index (χ1v) is 4.34. The van der Waals surface area contributed by atoms with Gasteiger partial charge in [0.1, 0.15) is 5.72 Å². The van der Waals surface area contributed by atoms with E-state index in [-0.39, 0.29) is 0 Å². The fourth-order valence-corrected chi connectivity index (χ4v) is 1.69. The molecule has 12 heavy (non-hydrogen) atoms. The Balaban J connectivity index is 2.29. The van der Waals surface area contributed by atoms with Crippen molar-refractivity contribution in [3.63, 3.8) is 0 Å². The Morgan fingerprint density at radius 1 is 1.25 bits per heavy atom. The van der Waals surface area contributed by atoms with E-state index in [9.17, 15) is 5.11 Å². The highest BCUT2D eigenvalue weighted by molar-refractivity contribution is 5.22.